The van der Waals surface area contributed by atoms with Crippen LogP contribution in [0.25, 0.3) is 149 Å². The standard InChI is InChI=1S/C86H64BN3/c1-85(2,3)61-39-41-70-71-42-40-62(86(4,5)6)50-79(71)88(78(70)49-61)63-51-80-82-81(52-63)90-77-38-20-18-36-69(77)73-46-60(67-34-16-14-32-65(67)58-30-22-28-56(44-58)54-25-11-8-12-26-54)48-75(84(73)90)87(82)74-47-59(45-72-68-35-17-19-37-76(68)89(80)83(72)74)66-33-15-13-31-64(66)57-29-21-27-55(43-57)53-23-9-7-10-24-53/h7-52H,1-6H3. The number of fused-ring (bicyclic) bond motifs is 13. The average molecular weight is 1150 g/mol. The van der Waals surface area contributed by atoms with E-state index >= 15 is 0 Å². The second-order valence-corrected chi connectivity index (χ2v) is 27.2. The summed E-state index contributed by atoms with van der Waals surface area (Å²) in [5.74, 6) is 0. The molecule has 4 heteroatoms. The molecule has 0 atom stereocenters. The second-order valence-electron chi connectivity index (χ2n) is 27.2. The lowest BCUT2D eigenvalue weighted by molar-refractivity contribution is 0.591. The van der Waals surface area contributed by atoms with Crippen molar-refractivity contribution >= 4 is 88.5 Å². The highest BCUT2D eigenvalue weighted by molar-refractivity contribution is 7.00. The molecule has 5 heterocycles. The molecule has 0 fully saturated rings. The first-order valence-electron chi connectivity index (χ1n) is 31.8. The maximum atomic E-state index is 2.65. The Morgan fingerprint density at radius 3 is 1.06 bits per heavy atom. The summed E-state index contributed by atoms with van der Waals surface area (Å²) in [5, 5.41) is 7.53. The molecule has 0 amide bonds. The van der Waals surface area contributed by atoms with Gasteiger partial charge in [0.15, 0.2) is 0 Å². The normalized spacial score (nSPS) is 12.8. The van der Waals surface area contributed by atoms with Crippen LogP contribution in [-0.2, 0) is 10.8 Å². The van der Waals surface area contributed by atoms with Gasteiger partial charge in [-0.1, -0.05) is 260 Å². The van der Waals surface area contributed by atoms with E-state index in [1.54, 1.807) is 0 Å². The van der Waals surface area contributed by atoms with Crippen molar-refractivity contribution in [2.75, 3.05) is 0 Å². The molecule has 0 bridgehead atoms. The van der Waals surface area contributed by atoms with Crippen molar-refractivity contribution in [3.05, 3.63) is 290 Å². The minimum atomic E-state index is -0.150. The van der Waals surface area contributed by atoms with Gasteiger partial charge in [-0.2, -0.15) is 0 Å². The zero-order chi connectivity index (χ0) is 60.3. The maximum absolute atomic E-state index is 2.65. The van der Waals surface area contributed by atoms with E-state index in [1.807, 2.05) is 0 Å². The first kappa shape index (κ1) is 52.4. The van der Waals surface area contributed by atoms with Gasteiger partial charge in [-0.25, -0.2) is 0 Å². The highest BCUT2D eigenvalue weighted by Crippen LogP contribution is 2.46. The predicted molar refractivity (Wildman–Crippen MR) is 384 cm³/mol. The molecule has 2 aliphatic heterocycles. The Morgan fingerprint density at radius 1 is 0.256 bits per heavy atom. The van der Waals surface area contributed by atoms with E-state index in [0.717, 1.165) is 5.69 Å². The SMILES string of the molecule is CC(C)(C)c1ccc2c3ccc(C(C)(C)C)cc3n(-c3cc4c5c(c3)-n3c6ccccc6c6cc(-c7ccccc7-c7cccc(-c8ccccc8)c7)cc(c63)B5c3cc(-c5ccccc5-c5cccc(-c6ccccc6)c5)cc5c6ccccc6n-4c35)c2c1. The van der Waals surface area contributed by atoms with Crippen molar-refractivity contribution in [3.8, 4) is 83.8 Å². The molecule has 13 aromatic carbocycles. The van der Waals surface area contributed by atoms with E-state index in [9.17, 15) is 0 Å². The molecule has 0 spiro atoms. The van der Waals surface area contributed by atoms with Crippen LogP contribution in [-0.4, -0.2) is 20.4 Å². The molecule has 426 valence electrons. The summed E-state index contributed by atoms with van der Waals surface area (Å²) in [7, 11) is 0. The molecule has 18 rings (SSSR count). The smallest absolute Gasteiger partial charge is 0.252 e. The number of aromatic nitrogens is 3. The Kier molecular flexibility index (Phi) is 11.3. The van der Waals surface area contributed by atoms with Crippen LogP contribution in [0.5, 0.6) is 0 Å². The van der Waals surface area contributed by atoms with Crippen LogP contribution >= 0.6 is 0 Å². The third-order valence-corrected chi connectivity index (χ3v) is 19.9. The van der Waals surface area contributed by atoms with Crippen molar-refractivity contribution < 1.29 is 0 Å². The molecule has 0 N–H and O–H groups in total. The van der Waals surface area contributed by atoms with Crippen molar-refractivity contribution in [1.82, 2.24) is 13.7 Å². The molecule has 0 saturated carbocycles. The van der Waals surface area contributed by atoms with Crippen molar-refractivity contribution in [3.63, 3.8) is 0 Å². The molecule has 0 saturated heterocycles. The largest absolute Gasteiger partial charge is 0.310 e. The third kappa shape index (κ3) is 7.86. The Balaban J connectivity index is 0.967. The van der Waals surface area contributed by atoms with E-state index in [1.165, 1.54) is 171 Å². The lowest BCUT2D eigenvalue weighted by Crippen LogP contribution is -2.59. The number of hydrogen-bond acceptors (Lipinski definition) is 0. The summed E-state index contributed by atoms with van der Waals surface area (Å²) in [6.45, 7) is 13.9. The molecule has 16 aromatic rings. The van der Waals surface area contributed by atoms with Gasteiger partial charge in [0.2, 0.25) is 0 Å². The fourth-order valence-electron chi connectivity index (χ4n) is 15.6. The first-order chi connectivity index (χ1) is 43.9. The predicted octanol–water partition coefficient (Wildman–Crippen LogP) is 20.7. The van der Waals surface area contributed by atoms with Gasteiger partial charge in [-0.15, -0.1) is 0 Å². The summed E-state index contributed by atoms with van der Waals surface area (Å²) in [5.41, 5.74) is 31.9. The zero-order valence-electron chi connectivity index (χ0n) is 51.5. The van der Waals surface area contributed by atoms with Crippen LogP contribution in [0.15, 0.2) is 279 Å². The van der Waals surface area contributed by atoms with Gasteiger partial charge in [0.1, 0.15) is 0 Å². The van der Waals surface area contributed by atoms with Gasteiger partial charge in [-0.05, 0) is 166 Å². The maximum Gasteiger partial charge on any atom is 0.252 e. The number of nitrogens with zero attached hydrogens (tertiary/aromatic N) is 3. The Labute approximate surface area is 525 Å². The molecule has 3 aromatic heterocycles. The number of para-hydroxylation sites is 2. The van der Waals surface area contributed by atoms with Gasteiger partial charge in [-0.3, -0.25) is 0 Å². The Morgan fingerprint density at radius 2 is 0.622 bits per heavy atom. The van der Waals surface area contributed by atoms with E-state index in [-0.39, 0.29) is 17.5 Å². The van der Waals surface area contributed by atoms with Crippen LogP contribution in [0.1, 0.15) is 52.7 Å². The molecule has 90 heavy (non-hydrogen) atoms. The number of benzene rings is 13. The summed E-state index contributed by atoms with van der Waals surface area (Å²) < 4.78 is 7.91. The molecule has 0 unspecified atom stereocenters. The average Bonchev–Trinajstić information content (AvgIpc) is 1.41. The van der Waals surface area contributed by atoms with Crippen LogP contribution < -0.4 is 16.4 Å². The molecular formula is C86H64BN3. The number of hydrogen-bond donors (Lipinski definition) is 0. The lowest BCUT2D eigenvalue weighted by Gasteiger charge is -2.35. The zero-order valence-corrected chi connectivity index (χ0v) is 51.5. The Bertz CT molecular complexity index is 5340. The summed E-state index contributed by atoms with van der Waals surface area (Å²) in [6.07, 6.45) is 0. The van der Waals surface area contributed by atoms with Gasteiger partial charge >= 0.3 is 0 Å². The molecule has 0 aliphatic carbocycles. The number of rotatable bonds is 7. The van der Waals surface area contributed by atoms with Crippen molar-refractivity contribution in [1.29, 1.82) is 0 Å². The Hall–Kier alpha value is -10.7. The first-order valence-corrected chi connectivity index (χ1v) is 31.8. The van der Waals surface area contributed by atoms with Crippen molar-refractivity contribution in [2.45, 2.75) is 52.4 Å². The third-order valence-electron chi connectivity index (χ3n) is 19.9. The second kappa shape index (κ2) is 19.4. The quantitative estimate of drug-likeness (QED) is 0.141. The summed E-state index contributed by atoms with van der Waals surface area (Å²) in [4.78, 5) is 0. The lowest BCUT2D eigenvalue weighted by atomic mass is 9.34. The molecule has 2 aliphatic rings. The fourth-order valence-corrected chi connectivity index (χ4v) is 15.6. The van der Waals surface area contributed by atoms with Crippen LogP contribution in [0.3, 0.4) is 0 Å². The van der Waals surface area contributed by atoms with Gasteiger partial charge < -0.3 is 13.7 Å². The highest BCUT2D eigenvalue weighted by atomic mass is 15.1. The van der Waals surface area contributed by atoms with Gasteiger partial charge in [0.05, 0.1) is 27.8 Å². The fraction of sp³-hybridized carbons (Fsp3) is 0.0930. The van der Waals surface area contributed by atoms with E-state index in [4.69, 9.17) is 0 Å². The van der Waals surface area contributed by atoms with Crippen LogP contribution in [0, 0.1) is 0 Å². The van der Waals surface area contributed by atoms with E-state index in [2.05, 4.69) is 334 Å². The summed E-state index contributed by atoms with van der Waals surface area (Å²) in [6, 6.07) is 106. The van der Waals surface area contributed by atoms with E-state index in [0.29, 0.717) is 0 Å². The minimum Gasteiger partial charge on any atom is -0.310 e. The molecular weight excluding hydrogens is 1090 g/mol. The molecule has 0 radical (unpaired) electrons. The van der Waals surface area contributed by atoms with Crippen LogP contribution in [0.4, 0.5) is 0 Å². The van der Waals surface area contributed by atoms with Crippen molar-refractivity contribution in [2.24, 2.45) is 0 Å². The highest BCUT2D eigenvalue weighted by Gasteiger charge is 2.42. The molecule has 3 nitrogen and oxygen atoms in total. The monoisotopic (exact) mass is 1150 g/mol. The van der Waals surface area contributed by atoms with Gasteiger partial charge in [0, 0.05) is 54.7 Å². The topological polar surface area (TPSA) is 14.8 Å². The van der Waals surface area contributed by atoms with Gasteiger partial charge in [0.25, 0.3) is 6.71 Å². The van der Waals surface area contributed by atoms with E-state index < -0.39 is 0 Å². The summed E-state index contributed by atoms with van der Waals surface area (Å²) >= 11 is 0. The van der Waals surface area contributed by atoms with Crippen LogP contribution in [0.2, 0.25) is 0 Å². The minimum absolute atomic E-state index is 0.0585.